The highest BCUT2D eigenvalue weighted by Gasteiger charge is 2.29. The fraction of sp³-hybridized carbons (Fsp3) is 0.273. The number of rotatable bonds is 6. The molecule has 0 aromatic heterocycles. The first-order valence-corrected chi connectivity index (χ1v) is 11.2. The lowest BCUT2D eigenvalue weighted by Gasteiger charge is -2.36. The summed E-state index contributed by atoms with van der Waals surface area (Å²) in [5.74, 6) is -0.167. The molecule has 1 aliphatic rings. The number of anilines is 1. The van der Waals surface area contributed by atoms with Crippen LogP contribution in [0.1, 0.15) is 18.1 Å². The molecule has 30 heavy (non-hydrogen) atoms. The molecule has 1 amide bonds. The van der Waals surface area contributed by atoms with Crippen LogP contribution >= 0.6 is 0 Å². The van der Waals surface area contributed by atoms with Gasteiger partial charge in [0.05, 0.1) is 17.7 Å². The van der Waals surface area contributed by atoms with E-state index in [1.165, 1.54) is 9.71 Å². The fourth-order valence-corrected chi connectivity index (χ4v) is 4.37. The summed E-state index contributed by atoms with van der Waals surface area (Å²) < 4.78 is 26.6. The third-order valence-corrected chi connectivity index (χ3v) is 6.64. The average molecular weight is 425 g/mol. The van der Waals surface area contributed by atoms with E-state index in [4.69, 9.17) is 5.26 Å². The number of piperazine rings is 1. The van der Waals surface area contributed by atoms with Crippen molar-refractivity contribution in [1.82, 2.24) is 9.21 Å². The van der Waals surface area contributed by atoms with Gasteiger partial charge in [0, 0.05) is 37.3 Å². The number of carbonyl (C=O) groups excluding carboxylic acids is 1. The molecule has 8 heteroatoms. The molecule has 1 heterocycles. The second kappa shape index (κ2) is 9.67. The maximum absolute atomic E-state index is 12.6. The van der Waals surface area contributed by atoms with Crippen LogP contribution < -0.4 is 5.32 Å². The summed E-state index contributed by atoms with van der Waals surface area (Å²) in [6.07, 6.45) is 1.59. The molecule has 2 aromatic rings. The second-order valence-electron chi connectivity index (χ2n) is 7.05. The van der Waals surface area contributed by atoms with Crippen molar-refractivity contribution in [3.63, 3.8) is 0 Å². The molecule has 0 unspecified atom stereocenters. The van der Waals surface area contributed by atoms with Crippen molar-refractivity contribution in [2.45, 2.75) is 13.0 Å². The Morgan fingerprint density at radius 1 is 1.07 bits per heavy atom. The van der Waals surface area contributed by atoms with Crippen molar-refractivity contribution in [3.8, 4) is 6.07 Å². The molecular weight excluding hydrogens is 400 g/mol. The Balaban J connectivity index is 1.54. The Labute approximate surface area is 177 Å². The van der Waals surface area contributed by atoms with Crippen molar-refractivity contribution in [2.75, 3.05) is 31.5 Å². The van der Waals surface area contributed by atoms with Gasteiger partial charge in [0.1, 0.15) is 0 Å². The molecule has 0 aliphatic carbocycles. The SMILES string of the molecule is C[C@H](C(=O)Nc1ccc(C#N)cc1)N1CCN(S(=O)(=O)/C=C/c2ccccc2)CC1. The highest BCUT2D eigenvalue weighted by atomic mass is 32.2. The normalized spacial score (nSPS) is 16.8. The standard InChI is InChI=1S/C22H24N4O3S/c1-18(22(27)24-21-9-7-20(17-23)8-10-21)25-12-14-26(15-13-25)30(28,29)16-11-19-5-3-2-4-6-19/h2-11,16,18H,12-15H2,1H3,(H,24,27)/b16-11+/t18-/m1/s1. The number of amides is 1. The van der Waals surface area contributed by atoms with Crippen LogP contribution in [0.5, 0.6) is 0 Å². The van der Waals surface area contributed by atoms with E-state index in [2.05, 4.69) is 5.32 Å². The first-order chi connectivity index (χ1) is 14.4. The fourth-order valence-electron chi connectivity index (χ4n) is 3.20. The van der Waals surface area contributed by atoms with Gasteiger partial charge < -0.3 is 5.32 Å². The first-order valence-electron chi connectivity index (χ1n) is 9.67. The summed E-state index contributed by atoms with van der Waals surface area (Å²) in [6, 6.07) is 17.6. The molecule has 156 valence electrons. The minimum absolute atomic E-state index is 0.167. The van der Waals surface area contributed by atoms with Gasteiger partial charge in [0.2, 0.25) is 15.9 Å². The largest absolute Gasteiger partial charge is 0.325 e. The number of nitrogens with one attached hydrogen (secondary N) is 1. The third-order valence-electron chi connectivity index (χ3n) is 5.07. The maximum atomic E-state index is 12.6. The monoisotopic (exact) mass is 424 g/mol. The van der Waals surface area contributed by atoms with E-state index in [-0.39, 0.29) is 5.91 Å². The quantitative estimate of drug-likeness (QED) is 0.769. The first kappa shape index (κ1) is 21.7. The highest BCUT2D eigenvalue weighted by molar-refractivity contribution is 7.92. The molecule has 2 aromatic carbocycles. The van der Waals surface area contributed by atoms with Gasteiger partial charge in [-0.25, -0.2) is 8.42 Å². The van der Waals surface area contributed by atoms with Crippen LogP contribution in [0.15, 0.2) is 60.0 Å². The van der Waals surface area contributed by atoms with Crippen molar-refractivity contribution >= 4 is 27.7 Å². The Kier molecular flexibility index (Phi) is 7.00. The van der Waals surface area contributed by atoms with Gasteiger partial charge in [-0.3, -0.25) is 9.69 Å². The predicted molar refractivity (Wildman–Crippen MR) is 117 cm³/mol. The molecule has 1 N–H and O–H groups in total. The van der Waals surface area contributed by atoms with Gasteiger partial charge in [-0.05, 0) is 42.8 Å². The van der Waals surface area contributed by atoms with Crippen LogP contribution in [0, 0.1) is 11.3 Å². The van der Waals surface area contributed by atoms with Crippen LogP contribution in [0.25, 0.3) is 6.08 Å². The van der Waals surface area contributed by atoms with E-state index in [0.717, 1.165) is 5.56 Å². The third kappa shape index (κ3) is 5.54. The van der Waals surface area contributed by atoms with E-state index in [0.29, 0.717) is 37.4 Å². The Hall–Kier alpha value is -2.99. The van der Waals surface area contributed by atoms with Crippen molar-refractivity contribution in [3.05, 3.63) is 71.1 Å². The number of hydrogen-bond acceptors (Lipinski definition) is 5. The maximum Gasteiger partial charge on any atom is 0.241 e. The topological polar surface area (TPSA) is 93.5 Å². The van der Waals surface area contributed by atoms with Crippen molar-refractivity contribution in [1.29, 1.82) is 5.26 Å². The molecule has 7 nitrogen and oxygen atoms in total. The van der Waals surface area contributed by atoms with Crippen LogP contribution in [0.4, 0.5) is 5.69 Å². The molecule has 1 aliphatic heterocycles. The van der Waals surface area contributed by atoms with Crippen molar-refractivity contribution < 1.29 is 13.2 Å². The van der Waals surface area contributed by atoms with Crippen LogP contribution in [0.3, 0.4) is 0 Å². The molecule has 1 fully saturated rings. The van der Waals surface area contributed by atoms with Gasteiger partial charge in [0.25, 0.3) is 0 Å². The van der Waals surface area contributed by atoms with Gasteiger partial charge in [-0.2, -0.15) is 9.57 Å². The van der Waals surface area contributed by atoms with E-state index in [1.54, 1.807) is 37.3 Å². The van der Waals surface area contributed by atoms with Crippen molar-refractivity contribution in [2.24, 2.45) is 0 Å². The van der Waals surface area contributed by atoms with Crippen LogP contribution in [-0.4, -0.2) is 55.8 Å². The average Bonchev–Trinajstić information content (AvgIpc) is 2.78. The van der Waals surface area contributed by atoms with Gasteiger partial charge in [-0.1, -0.05) is 30.3 Å². The summed E-state index contributed by atoms with van der Waals surface area (Å²) in [5, 5.41) is 12.9. The summed E-state index contributed by atoms with van der Waals surface area (Å²) in [4.78, 5) is 14.5. The molecule has 0 saturated carbocycles. The van der Waals surface area contributed by atoms with E-state index < -0.39 is 16.1 Å². The summed E-state index contributed by atoms with van der Waals surface area (Å²) in [6.45, 7) is 3.41. The number of benzene rings is 2. The molecule has 0 radical (unpaired) electrons. The van der Waals surface area contributed by atoms with Gasteiger partial charge >= 0.3 is 0 Å². The lowest BCUT2D eigenvalue weighted by molar-refractivity contribution is -0.121. The highest BCUT2D eigenvalue weighted by Crippen LogP contribution is 2.15. The second-order valence-corrected chi connectivity index (χ2v) is 8.87. The van der Waals surface area contributed by atoms with Crippen LogP contribution in [-0.2, 0) is 14.8 Å². The predicted octanol–water partition coefficient (Wildman–Crippen LogP) is 2.50. The molecular formula is C22H24N4O3S. The molecule has 3 rings (SSSR count). The summed E-state index contributed by atoms with van der Waals surface area (Å²) in [7, 11) is -3.51. The van der Waals surface area contributed by atoms with E-state index in [1.807, 2.05) is 41.3 Å². The molecule has 1 saturated heterocycles. The minimum Gasteiger partial charge on any atom is -0.325 e. The van der Waals surface area contributed by atoms with E-state index in [9.17, 15) is 13.2 Å². The Bertz CT molecular complexity index is 1040. The Morgan fingerprint density at radius 3 is 2.30 bits per heavy atom. The summed E-state index contributed by atoms with van der Waals surface area (Å²) in [5.41, 5.74) is 1.98. The zero-order chi connectivity index (χ0) is 21.6. The number of sulfonamides is 1. The number of nitrogens with zero attached hydrogens (tertiary/aromatic N) is 3. The van der Waals surface area contributed by atoms with Gasteiger partial charge in [-0.15, -0.1) is 0 Å². The smallest absolute Gasteiger partial charge is 0.241 e. The number of hydrogen-bond donors (Lipinski definition) is 1. The lowest BCUT2D eigenvalue weighted by Crippen LogP contribution is -2.53. The van der Waals surface area contributed by atoms with Crippen LogP contribution in [0.2, 0.25) is 0 Å². The number of carbonyl (C=O) groups is 1. The zero-order valence-corrected chi connectivity index (χ0v) is 17.5. The van der Waals surface area contributed by atoms with Gasteiger partial charge in [0.15, 0.2) is 0 Å². The van der Waals surface area contributed by atoms with E-state index >= 15 is 0 Å². The molecule has 0 bridgehead atoms. The Morgan fingerprint density at radius 2 is 1.70 bits per heavy atom. The molecule has 1 atom stereocenters. The number of nitriles is 1. The minimum atomic E-state index is -3.51. The summed E-state index contributed by atoms with van der Waals surface area (Å²) >= 11 is 0. The zero-order valence-electron chi connectivity index (χ0n) is 16.7. The lowest BCUT2D eigenvalue weighted by atomic mass is 10.2. The molecule has 0 spiro atoms.